The summed E-state index contributed by atoms with van der Waals surface area (Å²) in [5, 5.41) is 12.3. The van der Waals surface area contributed by atoms with Gasteiger partial charge in [-0.3, -0.25) is 4.79 Å². The van der Waals surface area contributed by atoms with Crippen molar-refractivity contribution in [2.24, 2.45) is 0 Å². The largest absolute Gasteiger partial charge is 0.392 e. The fourth-order valence-corrected chi connectivity index (χ4v) is 3.85. The minimum Gasteiger partial charge on any atom is -0.392 e. The predicted octanol–water partition coefficient (Wildman–Crippen LogP) is 7.17. The number of rotatable bonds is 19. The van der Waals surface area contributed by atoms with Crippen LogP contribution in [0.15, 0.2) is 24.3 Å². The summed E-state index contributed by atoms with van der Waals surface area (Å²) in [7, 11) is 0. The van der Waals surface area contributed by atoms with Crippen molar-refractivity contribution in [1.82, 2.24) is 5.32 Å². The van der Waals surface area contributed by atoms with Crippen molar-refractivity contribution in [2.45, 2.75) is 116 Å². The van der Waals surface area contributed by atoms with E-state index in [4.69, 9.17) is 0 Å². The first-order chi connectivity index (χ1) is 14.3. The zero-order valence-electron chi connectivity index (χ0n) is 18.9. The molecule has 0 fully saturated rings. The van der Waals surface area contributed by atoms with Crippen molar-refractivity contribution in [1.29, 1.82) is 0 Å². The van der Waals surface area contributed by atoms with E-state index >= 15 is 0 Å². The number of hydrogen-bond donors (Lipinski definition) is 2. The van der Waals surface area contributed by atoms with Crippen molar-refractivity contribution in [3.63, 3.8) is 0 Å². The third-order valence-electron chi connectivity index (χ3n) is 5.75. The summed E-state index contributed by atoms with van der Waals surface area (Å²) < 4.78 is 0. The average molecular weight is 404 g/mol. The molecule has 3 nitrogen and oxygen atoms in total. The van der Waals surface area contributed by atoms with Crippen LogP contribution in [0.4, 0.5) is 0 Å². The number of carbonyl (C=O) groups excluding carboxylic acids is 1. The molecule has 3 heteroatoms. The second-order valence-electron chi connectivity index (χ2n) is 8.37. The lowest BCUT2D eigenvalue weighted by molar-refractivity contribution is 0.0950. The average Bonchev–Trinajstić information content (AvgIpc) is 2.75. The van der Waals surface area contributed by atoms with Gasteiger partial charge in [-0.1, -0.05) is 121 Å². The molecule has 0 aliphatic rings. The highest BCUT2D eigenvalue weighted by Crippen LogP contribution is 2.14. The van der Waals surface area contributed by atoms with Gasteiger partial charge >= 0.3 is 0 Å². The smallest absolute Gasteiger partial charge is 0.251 e. The van der Waals surface area contributed by atoms with Gasteiger partial charge in [-0.15, -0.1) is 0 Å². The number of hydrogen-bond acceptors (Lipinski definition) is 2. The Bertz CT molecular complexity index is 515. The summed E-state index contributed by atoms with van der Waals surface area (Å²) in [4.78, 5) is 12.2. The predicted molar refractivity (Wildman–Crippen MR) is 124 cm³/mol. The van der Waals surface area contributed by atoms with E-state index in [1.165, 1.54) is 96.3 Å². The van der Waals surface area contributed by atoms with E-state index in [2.05, 4.69) is 12.2 Å². The molecule has 0 spiro atoms. The van der Waals surface area contributed by atoms with Crippen LogP contribution in [0.3, 0.4) is 0 Å². The lowest BCUT2D eigenvalue weighted by atomic mass is 10.0. The molecule has 0 aromatic heterocycles. The van der Waals surface area contributed by atoms with Gasteiger partial charge in [0.15, 0.2) is 0 Å². The standard InChI is InChI=1S/C26H45NO2/c1-2-3-4-5-6-7-8-9-10-11-12-13-14-15-16-19-22-27-26(29)25-21-18-17-20-24(25)23-28/h17-18,20-21,28H,2-16,19,22-23H2,1H3,(H,27,29). The Morgan fingerprint density at radius 2 is 1.17 bits per heavy atom. The minimum absolute atomic E-state index is 0.0735. The van der Waals surface area contributed by atoms with Crippen LogP contribution >= 0.6 is 0 Å². The van der Waals surface area contributed by atoms with Crippen LogP contribution in [0.1, 0.15) is 126 Å². The van der Waals surface area contributed by atoms with Crippen molar-refractivity contribution in [2.75, 3.05) is 6.54 Å². The van der Waals surface area contributed by atoms with Gasteiger partial charge in [0.2, 0.25) is 0 Å². The third kappa shape index (κ3) is 13.5. The number of amides is 1. The summed E-state index contributed by atoms with van der Waals surface area (Å²) in [6.45, 7) is 2.90. The summed E-state index contributed by atoms with van der Waals surface area (Å²) in [6, 6.07) is 7.25. The zero-order valence-corrected chi connectivity index (χ0v) is 18.9. The highest BCUT2D eigenvalue weighted by molar-refractivity contribution is 5.95. The Hall–Kier alpha value is -1.35. The van der Waals surface area contributed by atoms with Gasteiger partial charge in [-0.2, -0.15) is 0 Å². The van der Waals surface area contributed by atoms with Crippen molar-refractivity contribution in [3.8, 4) is 0 Å². The van der Waals surface area contributed by atoms with Gasteiger partial charge in [-0.05, 0) is 18.1 Å². The molecule has 0 aliphatic carbocycles. The quantitative estimate of drug-likeness (QED) is 0.241. The minimum atomic E-state index is -0.0946. The molecular formula is C26H45NO2. The van der Waals surface area contributed by atoms with Gasteiger partial charge in [0.1, 0.15) is 0 Å². The normalized spacial score (nSPS) is 11.0. The Morgan fingerprint density at radius 3 is 1.66 bits per heavy atom. The summed E-state index contributed by atoms with van der Waals surface area (Å²) in [6.07, 6.45) is 21.7. The molecule has 0 aliphatic heterocycles. The molecule has 0 unspecified atom stereocenters. The van der Waals surface area contributed by atoms with E-state index in [1.807, 2.05) is 12.1 Å². The van der Waals surface area contributed by atoms with Crippen LogP contribution < -0.4 is 5.32 Å². The lowest BCUT2D eigenvalue weighted by Gasteiger charge is -2.08. The Kier molecular flexibility index (Phi) is 16.5. The molecule has 0 heterocycles. The first-order valence-corrected chi connectivity index (χ1v) is 12.3. The van der Waals surface area contributed by atoms with Gasteiger partial charge in [-0.25, -0.2) is 0 Å². The number of benzene rings is 1. The van der Waals surface area contributed by atoms with Crippen LogP contribution in [0.2, 0.25) is 0 Å². The molecule has 1 amide bonds. The Labute approximate surface area is 179 Å². The number of carbonyl (C=O) groups is 1. The Balaban J connectivity index is 1.84. The first kappa shape index (κ1) is 25.7. The first-order valence-electron chi connectivity index (χ1n) is 12.3. The van der Waals surface area contributed by atoms with E-state index in [1.54, 1.807) is 12.1 Å². The van der Waals surface area contributed by atoms with Crippen molar-refractivity contribution >= 4 is 5.91 Å². The second kappa shape index (κ2) is 18.7. The fraction of sp³-hybridized carbons (Fsp3) is 0.731. The van der Waals surface area contributed by atoms with Crippen molar-refractivity contribution < 1.29 is 9.90 Å². The highest BCUT2D eigenvalue weighted by Gasteiger charge is 2.08. The topological polar surface area (TPSA) is 49.3 Å². The molecule has 2 N–H and O–H groups in total. The molecule has 0 saturated heterocycles. The maximum atomic E-state index is 12.2. The van der Waals surface area contributed by atoms with Crippen molar-refractivity contribution in [3.05, 3.63) is 35.4 Å². The van der Waals surface area contributed by atoms with Gasteiger partial charge in [0, 0.05) is 12.1 Å². The summed E-state index contributed by atoms with van der Waals surface area (Å²) >= 11 is 0. The SMILES string of the molecule is CCCCCCCCCCCCCCCCCCNC(=O)c1ccccc1CO. The third-order valence-corrected chi connectivity index (χ3v) is 5.75. The van der Waals surface area contributed by atoms with Crippen LogP contribution in [0.5, 0.6) is 0 Å². The molecule has 0 saturated carbocycles. The van der Waals surface area contributed by atoms with Crippen LogP contribution in [-0.2, 0) is 6.61 Å². The van der Waals surface area contributed by atoms with E-state index < -0.39 is 0 Å². The van der Waals surface area contributed by atoms with E-state index in [-0.39, 0.29) is 12.5 Å². The van der Waals surface area contributed by atoms with Gasteiger partial charge < -0.3 is 10.4 Å². The molecule has 0 radical (unpaired) electrons. The van der Waals surface area contributed by atoms with E-state index in [0.717, 1.165) is 13.0 Å². The summed E-state index contributed by atoms with van der Waals surface area (Å²) in [5.41, 5.74) is 1.28. The molecule has 166 valence electrons. The van der Waals surface area contributed by atoms with Gasteiger partial charge in [0.05, 0.1) is 6.61 Å². The molecule has 0 atom stereocenters. The second-order valence-corrected chi connectivity index (χ2v) is 8.37. The number of nitrogens with one attached hydrogen (secondary N) is 1. The number of unbranched alkanes of at least 4 members (excludes halogenated alkanes) is 15. The zero-order chi connectivity index (χ0) is 21.0. The number of aliphatic hydroxyl groups is 1. The maximum Gasteiger partial charge on any atom is 0.251 e. The Morgan fingerprint density at radius 1 is 0.724 bits per heavy atom. The fourth-order valence-electron chi connectivity index (χ4n) is 3.85. The van der Waals surface area contributed by atoms with Crippen LogP contribution in [-0.4, -0.2) is 17.6 Å². The molecule has 29 heavy (non-hydrogen) atoms. The lowest BCUT2D eigenvalue weighted by Crippen LogP contribution is -2.25. The molecule has 1 aromatic rings. The van der Waals surface area contributed by atoms with E-state index in [0.29, 0.717) is 11.1 Å². The van der Waals surface area contributed by atoms with E-state index in [9.17, 15) is 9.90 Å². The van der Waals surface area contributed by atoms with Crippen LogP contribution in [0.25, 0.3) is 0 Å². The maximum absolute atomic E-state index is 12.2. The molecule has 1 rings (SSSR count). The molecular weight excluding hydrogens is 358 g/mol. The molecule has 0 bridgehead atoms. The van der Waals surface area contributed by atoms with Gasteiger partial charge in [0.25, 0.3) is 5.91 Å². The van der Waals surface area contributed by atoms with Crippen LogP contribution in [0, 0.1) is 0 Å². The highest BCUT2D eigenvalue weighted by atomic mass is 16.3. The summed E-state index contributed by atoms with van der Waals surface area (Å²) in [5.74, 6) is -0.0735. The molecule has 1 aromatic carbocycles. The monoisotopic (exact) mass is 403 g/mol. The number of aliphatic hydroxyl groups excluding tert-OH is 1.